The molecule has 0 radical (unpaired) electrons. The summed E-state index contributed by atoms with van der Waals surface area (Å²) < 4.78 is 87.3. The molecule has 5 nitrogen and oxygen atoms in total. The molecule has 0 spiro atoms. The molecule has 6 aromatic rings. The van der Waals surface area contributed by atoms with E-state index in [1.165, 1.54) is 18.2 Å². The molecule has 6 atom stereocenters. The number of hydrogen-bond donors (Lipinski definition) is 0. The number of fused-ring (bicyclic) bond motifs is 10. The summed E-state index contributed by atoms with van der Waals surface area (Å²) in [5.41, 5.74) is 5.82. The number of benzene rings is 5. The molecule has 0 aliphatic carbocycles. The number of rotatable bonds is 8. The predicted molar refractivity (Wildman–Crippen MR) is 248 cm³/mol. The van der Waals surface area contributed by atoms with Crippen LogP contribution in [0.2, 0.25) is 0 Å². The fourth-order valence-electron chi connectivity index (χ4n) is 11.8. The van der Waals surface area contributed by atoms with Crippen molar-refractivity contribution in [3.8, 4) is 0 Å². The Bertz CT molecular complexity index is 2870. The summed E-state index contributed by atoms with van der Waals surface area (Å²) in [5.74, 6) is 0.0562. The Morgan fingerprint density at radius 1 is 0.615 bits per heavy atom. The van der Waals surface area contributed by atoms with Gasteiger partial charge >= 0.3 is 12.4 Å². The van der Waals surface area contributed by atoms with E-state index in [4.69, 9.17) is 0 Å². The Labute approximate surface area is 376 Å². The first-order valence-electron chi connectivity index (χ1n) is 22.0. The lowest BCUT2D eigenvalue weighted by Gasteiger charge is -2.56. The number of allylic oxidation sites excluding steroid dienone is 2. The van der Waals surface area contributed by atoms with Crippen LogP contribution >= 0.6 is 0 Å². The van der Waals surface area contributed by atoms with Gasteiger partial charge in [-0.2, -0.15) is 26.3 Å². The first kappa shape index (κ1) is 42.5. The maximum Gasteiger partial charge on any atom is 0.417 e. The van der Waals surface area contributed by atoms with Crippen LogP contribution in [0.3, 0.4) is 0 Å². The van der Waals surface area contributed by atoms with Crippen LogP contribution in [0.5, 0.6) is 0 Å². The molecule has 65 heavy (non-hydrogen) atoms. The zero-order valence-corrected chi connectivity index (χ0v) is 36.6. The van der Waals surface area contributed by atoms with Crippen molar-refractivity contribution >= 4 is 45.6 Å². The van der Waals surface area contributed by atoms with E-state index in [1.807, 2.05) is 111 Å². The van der Waals surface area contributed by atoms with Gasteiger partial charge in [-0.05, 0) is 110 Å². The summed E-state index contributed by atoms with van der Waals surface area (Å²) in [4.78, 5) is 13.1. The van der Waals surface area contributed by atoms with Gasteiger partial charge in [-0.1, -0.05) is 98.8 Å². The number of nitrogens with zero attached hydrogens (tertiary/aromatic N) is 5. The van der Waals surface area contributed by atoms with Crippen LogP contribution in [0.25, 0.3) is 0 Å². The van der Waals surface area contributed by atoms with Gasteiger partial charge in [0.1, 0.15) is 12.3 Å². The molecule has 4 aliphatic rings. The van der Waals surface area contributed by atoms with Gasteiger partial charge in [0.15, 0.2) is 5.82 Å². The molecule has 6 unspecified atom stereocenters. The van der Waals surface area contributed by atoms with Crippen molar-refractivity contribution in [2.75, 3.05) is 19.6 Å². The fourth-order valence-corrected chi connectivity index (χ4v) is 11.8. The van der Waals surface area contributed by atoms with Gasteiger partial charge < -0.3 is 19.6 Å². The van der Waals surface area contributed by atoms with Crippen LogP contribution in [0.4, 0.5) is 72.0 Å². The lowest BCUT2D eigenvalue weighted by Crippen LogP contribution is -2.58. The molecule has 0 N–H and O–H groups in total. The molecule has 4 aliphatic heterocycles. The third-order valence-corrected chi connectivity index (χ3v) is 15.0. The number of pyridine rings is 1. The molecule has 0 fully saturated rings. The molecule has 0 bridgehead atoms. The standard InChI is InChI=1S/C54H49F6N5/c1-7-17-39-38-20-11-15-24-43(38)64-47-31-37(54(58,59)60)32-61-48(47)65(42-23-14-10-19-34(42)4)50(64)51(39,6)28-29-52(8-2)35(5)49-62(41-22-13-9-18-33(41)3)45-27-26-36(53(55,56)57)30-46(45)63(49)44-25-16-12-21-40(44)52/h7-16,18-27,30-32,35,39,49-50H,1-2,17,28-29H2,3-6H3. The lowest BCUT2D eigenvalue weighted by atomic mass is 9.58. The van der Waals surface area contributed by atoms with Gasteiger partial charge in [-0.15, -0.1) is 13.2 Å². The number of anilines is 8. The number of alkyl halides is 6. The van der Waals surface area contributed by atoms with Gasteiger partial charge in [0, 0.05) is 45.7 Å². The zero-order chi connectivity index (χ0) is 45.8. The lowest BCUT2D eigenvalue weighted by molar-refractivity contribution is -0.138. The van der Waals surface area contributed by atoms with Crippen molar-refractivity contribution in [2.24, 2.45) is 11.3 Å². The molecular weight excluding hydrogens is 833 g/mol. The van der Waals surface area contributed by atoms with Gasteiger partial charge in [0.25, 0.3) is 0 Å². The summed E-state index contributed by atoms with van der Waals surface area (Å²) in [7, 11) is 0. The first-order chi connectivity index (χ1) is 31.0. The second-order valence-corrected chi connectivity index (χ2v) is 18.3. The molecule has 332 valence electrons. The van der Waals surface area contributed by atoms with Gasteiger partial charge in [0.2, 0.25) is 0 Å². The Balaban J connectivity index is 1.17. The minimum atomic E-state index is -4.62. The Morgan fingerprint density at radius 3 is 1.82 bits per heavy atom. The highest BCUT2D eigenvalue weighted by atomic mass is 19.4. The summed E-state index contributed by atoms with van der Waals surface area (Å²) in [5, 5.41) is 0. The molecule has 1 aromatic heterocycles. The molecule has 5 heterocycles. The van der Waals surface area contributed by atoms with E-state index in [1.54, 1.807) is 6.07 Å². The van der Waals surface area contributed by atoms with Crippen molar-refractivity contribution in [2.45, 2.75) is 83.0 Å². The van der Waals surface area contributed by atoms with Gasteiger partial charge in [0.05, 0.1) is 28.2 Å². The number of aromatic nitrogens is 1. The fraction of sp³-hybridized carbons (Fsp3) is 0.278. The average Bonchev–Trinajstić information content (AvgIpc) is 3.82. The van der Waals surface area contributed by atoms with Crippen LogP contribution in [0, 0.1) is 25.2 Å². The quantitative estimate of drug-likeness (QED) is 0.112. The predicted octanol–water partition coefficient (Wildman–Crippen LogP) is 15.2. The second kappa shape index (κ2) is 15.0. The highest BCUT2D eigenvalue weighted by molar-refractivity contribution is 5.92. The van der Waals surface area contributed by atoms with E-state index >= 15 is 0 Å². The Hall–Kier alpha value is -6.49. The molecule has 0 amide bonds. The van der Waals surface area contributed by atoms with Crippen molar-refractivity contribution in [3.63, 3.8) is 0 Å². The summed E-state index contributed by atoms with van der Waals surface area (Å²) in [6, 6.07) is 37.1. The summed E-state index contributed by atoms with van der Waals surface area (Å²) >= 11 is 0. The highest BCUT2D eigenvalue weighted by Gasteiger charge is 2.60. The van der Waals surface area contributed by atoms with E-state index in [-0.39, 0.29) is 11.8 Å². The molecule has 0 saturated heterocycles. The van der Waals surface area contributed by atoms with E-state index in [0.29, 0.717) is 42.1 Å². The third-order valence-electron chi connectivity index (χ3n) is 15.0. The van der Waals surface area contributed by atoms with Crippen LogP contribution in [-0.2, 0) is 17.8 Å². The number of halogens is 6. The van der Waals surface area contributed by atoms with Crippen LogP contribution < -0.4 is 19.6 Å². The Morgan fingerprint density at radius 2 is 1.18 bits per heavy atom. The monoisotopic (exact) mass is 881 g/mol. The molecule has 0 saturated carbocycles. The average molecular weight is 882 g/mol. The summed E-state index contributed by atoms with van der Waals surface area (Å²) in [6.45, 7) is 17.3. The SMILES string of the molecule is C=CCC1c2ccccc2N2c3cc(C(F)(F)F)cnc3N(c3ccccc3C)C2C1(C)CCC1(C=C)c2ccccc2N2c3cc(C(F)(F)F)ccc3N(c3ccccc3C)C2C1C. The van der Waals surface area contributed by atoms with Crippen LogP contribution in [0.1, 0.15) is 72.4 Å². The minimum Gasteiger partial charge on any atom is -0.318 e. The number of hydrogen-bond acceptors (Lipinski definition) is 5. The topological polar surface area (TPSA) is 25.9 Å². The normalized spacial score (nSPS) is 24.2. The van der Waals surface area contributed by atoms with E-state index < -0.39 is 46.6 Å². The first-order valence-corrected chi connectivity index (χ1v) is 22.0. The van der Waals surface area contributed by atoms with Crippen molar-refractivity contribution in [3.05, 3.63) is 186 Å². The molecule has 5 aromatic carbocycles. The van der Waals surface area contributed by atoms with Gasteiger partial charge in [-0.3, -0.25) is 0 Å². The maximum absolute atomic E-state index is 14.6. The van der Waals surface area contributed by atoms with Crippen LogP contribution in [-0.4, -0.2) is 17.3 Å². The van der Waals surface area contributed by atoms with Crippen molar-refractivity contribution < 1.29 is 26.3 Å². The minimum absolute atomic E-state index is 0.132. The highest BCUT2D eigenvalue weighted by Crippen LogP contribution is 2.66. The van der Waals surface area contributed by atoms with Gasteiger partial charge in [-0.25, -0.2) is 4.98 Å². The Kier molecular flexibility index (Phi) is 9.82. The van der Waals surface area contributed by atoms with Crippen LogP contribution in [0.15, 0.2) is 153 Å². The number of aryl methyl sites for hydroxylation is 2. The zero-order valence-electron chi connectivity index (χ0n) is 36.6. The largest absolute Gasteiger partial charge is 0.417 e. The molecular formula is C54H49F6N5. The second-order valence-electron chi connectivity index (χ2n) is 18.3. The smallest absolute Gasteiger partial charge is 0.318 e. The number of para-hydroxylation sites is 4. The third kappa shape index (κ3) is 6.24. The van der Waals surface area contributed by atoms with Crippen molar-refractivity contribution in [1.82, 2.24) is 4.98 Å². The van der Waals surface area contributed by atoms with E-state index in [9.17, 15) is 26.3 Å². The van der Waals surface area contributed by atoms with E-state index in [0.717, 1.165) is 51.2 Å². The summed E-state index contributed by atoms with van der Waals surface area (Å²) in [6.07, 6.45) is -3.53. The van der Waals surface area contributed by atoms with E-state index in [2.05, 4.69) is 63.7 Å². The maximum atomic E-state index is 14.6. The van der Waals surface area contributed by atoms with Crippen molar-refractivity contribution in [1.29, 1.82) is 0 Å². The molecule has 10 rings (SSSR count). The molecule has 11 heteroatoms.